The van der Waals surface area contributed by atoms with Crippen molar-refractivity contribution in [2.75, 3.05) is 10.8 Å². The highest BCUT2D eigenvalue weighted by Crippen LogP contribution is 2.30. The van der Waals surface area contributed by atoms with Crippen molar-refractivity contribution >= 4 is 50.7 Å². The largest absolute Gasteiger partial charge is 0.352 e. The summed E-state index contributed by atoms with van der Waals surface area (Å²) in [6, 6.07) is 17.3. The molecule has 0 aliphatic heterocycles. The van der Waals surface area contributed by atoms with Gasteiger partial charge in [-0.1, -0.05) is 73.4 Å². The van der Waals surface area contributed by atoms with Crippen LogP contribution in [-0.4, -0.2) is 43.8 Å². The molecule has 0 bridgehead atoms. The molecule has 0 aromatic heterocycles. The average molecular weight is 619 g/mol. The van der Waals surface area contributed by atoms with Gasteiger partial charge in [-0.25, -0.2) is 8.42 Å². The molecule has 3 rings (SSSR count). The van der Waals surface area contributed by atoms with E-state index in [0.717, 1.165) is 21.9 Å². The summed E-state index contributed by atoms with van der Waals surface area (Å²) in [6.45, 7) is 8.85. The lowest BCUT2D eigenvalue weighted by molar-refractivity contribution is -0.140. The fourth-order valence-corrected chi connectivity index (χ4v) is 6.39. The fraction of sp³-hybridized carbons (Fsp3) is 0.355. The van der Waals surface area contributed by atoms with Crippen LogP contribution in [0.3, 0.4) is 0 Å². The van der Waals surface area contributed by atoms with E-state index in [0.29, 0.717) is 27.7 Å². The van der Waals surface area contributed by atoms with Crippen molar-refractivity contribution in [3.63, 3.8) is 0 Å². The van der Waals surface area contributed by atoms with Crippen LogP contribution in [0.15, 0.2) is 71.6 Å². The van der Waals surface area contributed by atoms with Crippen molar-refractivity contribution < 1.29 is 18.0 Å². The van der Waals surface area contributed by atoms with Gasteiger partial charge in [-0.05, 0) is 80.6 Å². The maximum Gasteiger partial charge on any atom is 0.264 e. The minimum absolute atomic E-state index is 0.00665. The van der Waals surface area contributed by atoms with Gasteiger partial charge in [0.25, 0.3) is 10.0 Å². The number of nitrogens with zero attached hydrogens (tertiary/aromatic N) is 2. The molecular weight excluding hydrogens is 581 g/mol. The molecule has 10 heteroatoms. The molecule has 0 radical (unpaired) electrons. The van der Waals surface area contributed by atoms with Crippen molar-refractivity contribution in [3.05, 3.63) is 93.5 Å². The maximum atomic E-state index is 14.2. The number of hydrogen-bond donors (Lipinski definition) is 1. The molecule has 3 aromatic carbocycles. The van der Waals surface area contributed by atoms with Crippen LogP contribution in [0.2, 0.25) is 10.0 Å². The van der Waals surface area contributed by atoms with Gasteiger partial charge in [-0.15, -0.1) is 0 Å². The van der Waals surface area contributed by atoms with E-state index >= 15 is 0 Å². The summed E-state index contributed by atoms with van der Waals surface area (Å²) >= 11 is 12.6. The van der Waals surface area contributed by atoms with Crippen LogP contribution in [0.4, 0.5) is 5.69 Å². The molecule has 3 aromatic rings. The SMILES string of the molecule is CCC(C)NC(=O)C(CC)N(Cc1ccc(Cl)cc1Cl)C(=O)CN(c1cccc(C)c1C)S(=O)(=O)c1ccccc1. The van der Waals surface area contributed by atoms with E-state index in [1.54, 1.807) is 48.5 Å². The predicted molar refractivity (Wildman–Crippen MR) is 166 cm³/mol. The molecule has 41 heavy (non-hydrogen) atoms. The molecule has 0 fully saturated rings. The van der Waals surface area contributed by atoms with Crippen molar-refractivity contribution in [1.82, 2.24) is 10.2 Å². The summed E-state index contributed by atoms with van der Waals surface area (Å²) in [5, 5.41) is 3.75. The molecule has 2 amide bonds. The van der Waals surface area contributed by atoms with Crippen LogP contribution in [-0.2, 0) is 26.2 Å². The average Bonchev–Trinajstić information content (AvgIpc) is 2.94. The second-order valence-corrected chi connectivity index (χ2v) is 12.7. The van der Waals surface area contributed by atoms with Gasteiger partial charge < -0.3 is 10.2 Å². The summed E-state index contributed by atoms with van der Waals surface area (Å²) < 4.78 is 29.1. The number of nitrogens with one attached hydrogen (secondary N) is 1. The molecule has 7 nitrogen and oxygen atoms in total. The first-order chi connectivity index (χ1) is 19.4. The number of anilines is 1. The third-order valence-electron chi connectivity index (χ3n) is 7.20. The minimum atomic E-state index is -4.14. The Balaban J connectivity index is 2.11. The fourth-order valence-electron chi connectivity index (χ4n) is 4.43. The summed E-state index contributed by atoms with van der Waals surface area (Å²) in [6.07, 6.45) is 1.03. The Kier molecular flexibility index (Phi) is 11.2. The van der Waals surface area contributed by atoms with E-state index in [2.05, 4.69) is 5.32 Å². The van der Waals surface area contributed by atoms with Gasteiger partial charge >= 0.3 is 0 Å². The van der Waals surface area contributed by atoms with Crippen LogP contribution < -0.4 is 9.62 Å². The van der Waals surface area contributed by atoms with E-state index in [4.69, 9.17) is 23.2 Å². The lowest BCUT2D eigenvalue weighted by Crippen LogP contribution is -2.53. The lowest BCUT2D eigenvalue weighted by Gasteiger charge is -2.34. The molecule has 0 saturated carbocycles. The Labute approximate surface area is 253 Å². The van der Waals surface area contributed by atoms with Crippen molar-refractivity contribution in [2.45, 2.75) is 71.0 Å². The Morgan fingerprint density at radius 3 is 2.22 bits per heavy atom. The zero-order chi connectivity index (χ0) is 30.3. The molecule has 0 saturated heterocycles. The molecule has 0 heterocycles. The first-order valence-corrected chi connectivity index (χ1v) is 15.8. The molecule has 1 N–H and O–H groups in total. The van der Waals surface area contributed by atoms with E-state index < -0.39 is 28.5 Å². The Morgan fingerprint density at radius 1 is 0.927 bits per heavy atom. The zero-order valence-electron chi connectivity index (χ0n) is 24.0. The van der Waals surface area contributed by atoms with Gasteiger partial charge in [-0.2, -0.15) is 0 Å². The summed E-state index contributed by atoms with van der Waals surface area (Å²) in [5.41, 5.74) is 2.59. The number of benzene rings is 3. The van der Waals surface area contributed by atoms with Crippen molar-refractivity contribution in [1.29, 1.82) is 0 Å². The van der Waals surface area contributed by atoms with Crippen LogP contribution >= 0.6 is 23.2 Å². The molecule has 220 valence electrons. The Hall–Kier alpha value is -3.07. The molecule has 2 atom stereocenters. The van der Waals surface area contributed by atoms with E-state index in [-0.39, 0.29) is 23.4 Å². The van der Waals surface area contributed by atoms with Crippen LogP contribution in [0.1, 0.15) is 50.3 Å². The number of carbonyl (C=O) groups excluding carboxylic acids is 2. The Morgan fingerprint density at radius 2 is 1.61 bits per heavy atom. The Bertz CT molecular complexity index is 1480. The van der Waals surface area contributed by atoms with Gasteiger partial charge in [0.1, 0.15) is 12.6 Å². The van der Waals surface area contributed by atoms with Gasteiger partial charge in [-0.3, -0.25) is 13.9 Å². The van der Waals surface area contributed by atoms with Crippen molar-refractivity contribution in [3.8, 4) is 0 Å². The topological polar surface area (TPSA) is 86.8 Å². The second kappa shape index (κ2) is 14.2. The quantitative estimate of drug-likeness (QED) is 0.250. The number of aryl methyl sites for hydroxylation is 1. The van der Waals surface area contributed by atoms with E-state index in [9.17, 15) is 18.0 Å². The predicted octanol–water partition coefficient (Wildman–Crippen LogP) is 6.53. The van der Waals surface area contributed by atoms with Crippen molar-refractivity contribution in [2.24, 2.45) is 0 Å². The standard InChI is InChI=1S/C31H37Cl2N3O4S/c1-6-22(4)34-31(38)28(7-2)35(19-24-16-17-25(32)18-27(24)33)30(37)20-36(29-15-11-12-21(3)23(29)5)41(39,40)26-13-9-8-10-14-26/h8-18,22,28H,6-7,19-20H2,1-5H3,(H,34,38). The van der Waals surface area contributed by atoms with E-state index in [1.807, 2.05) is 40.7 Å². The van der Waals surface area contributed by atoms with Gasteiger partial charge in [0.2, 0.25) is 11.8 Å². The number of amides is 2. The molecular formula is C31H37Cl2N3O4S. The highest BCUT2D eigenvalue weighted by molar-refractivity contribution is 7.92. The molecule has 0 aliphatic carbocycles. The van der Waals surface area contributed by atoms with Crippen LogP contribution in [0.5, 0.6) is 0 Å². The summed E-state index contributed by atoms with van der Waals surface area (Å²) in [4.78, 5) is 29.1. The van der Waals surface area contributed by atoms with Gasteiger partial charge in [0, 0.05) is 22.6 Å². The highest BCUT2D eigenvalue weighted by atomic mass is 35.5. The van der Waals surface area contributed by atoms with Crippen LogP contribution in [0.25, 0.3) is 0 Å². The molecule has 2 unspecified atom stereocenters. The van der Waals surface area contributed by atoms with Gasteiger partial charge in [0.05, 0.1) is 10.6 Å². The monoisotopic (exact) mass is 617 g/mol. The maximum absolute atomic E-state index is 14.2. The number of rotatable bonds is 12. The smallest absolute Gasteiger partial charge is 0.264 e. The minimum Gasteiger partial charge on any atom is -0.352 e. The highest BCUT2D eigenvalue weighted by Gasteiger charge is 2.34. The summed E-state index contributed by atoms with van der Waals surface area (Å²) in [7, 11) is -4.14. The summed E-state index contributed by atoms with van der Waals surface area (Å²) in [5.74, 6) is -0.855. The lowest BCUT2D eigenvalue weighted by atomic mass is 10.1. The second-order valence-electron chi connectivity index (χ2n) is 10.0. The third kappa shape index (κ3) is 7.82. The normalized spacial score (nSPS) is 12.9. The molecule has 0 aliphatic rings. The first-order valence-electron chi connectivity index (χ1n) is 13.6. The zero-order valence-corrected chi connectivity index (χ0v) is 26.4. The molecule has 0 spiro atoms. The number of halogens is 2. The van der Waals surface area contributed by atoms with E-state index in [1.165, 1.54) is 17.0 Å². The number of sulfonamides is 1. The van der Waals surface area contributed by atoms with Gasteiger partial charge in [0.15, 0.2) is 0 Å². The number of carbonyl (C=O) groups is 2. The number of hydrogen-bond acceptors (Lipinski definition) is 4. The first kappa shape index (κ1) is 32.4. The van der Waals surface area contributed by atoms with Crippen LogP contribution in [0, 0.1) is 13.8 Å². The third-order valence-corrected chi connectivity index (χ3v) is 9.56.